The number of rotatable bonds is 1. The standard InChI is InChI=1S/C10H12N4OS/c1-5-7-12-9(16)13-10(15)14(7)8(11-5)6-3-2-4-6/h6H,2-4H2,1H3,(H2,12,13,15,16). The molecule has 16 heavy (non-hydrogen) atoms. The van der Waals surface area contributed by atoms with Crippen molar-refractivity contribution in [2.75, 3.05) is 0 Å². The Labute approximate surface area is 96.5 Å². The number of imidazole rings is 1. The highest BCUT2D eigenvalue weighted by atomic mass is 32.1. The zero-order valence-electron chi connectivity index (χ0n) is 8.91. The molecule has 0 bridgehead atoms. The Balaban J connectivity index is 2.38. The first-order valence-electron chi connectivity index (χ1n) is 5.38. The van der Waals surface area contributed by atoms with Crippen molar-refractivity contribution >= 4 is 17.9 Å². The van der Waals surface area contributed by atoms with E-state index >= 15 is 0 Å². The van der Waals surface area contributed by atoms with Crippen LogP contribution in [0.15, 0.2) is 4.79 Å². The zero-order valence-corrected chi connectivity index (χ0v) is 9.73. The van der Waals surface area contributed by atoms with Gasteiger partial charge in [-0.3, -0.25) is 4.98 Å². The van der Waals surface area contributed by atoms with E-state index in [-0.39, 0.29) is 5.69 Å². The number of aromatic nitrogens is 4. The molecule has 0 saturated heterocycles. The van der Waals surface area contributed by atoms with Crippen molar-refractivity contribution in [3.05, 3.63) is 26.8 Å². The molecule has 84 valence electrons. The van der Waals surface area contributed by atoms with Crippen LogP contribution in [0.1, 0.15) is 36.7 Å². The molecule has 0 aromatic carbocycles. The molecule has 0 amide bonds. The number of fused-ring (bicyclic) bond motifs is 1. The third-order valence-corrected chi connectivity index (χ3v) is 3.41. The third-order valence-electron chi connectivity index (χ3n) is 3.20. The Kier molecular flexibility index (Phi) is 2.00. The monoisotopic (exact) mass is 236 g/mol. The topological polar surface area (TPSA) is 66.0 Å². The number of aryl methyl sites for hydroxylation is 1. The Morgan fingerprint density at radius 1 is 1.44 bits per heavy atom. The third kappa shape index (κ3) is 1.26. The van der Waals surface area contributed by atoms with Gasteiger partial charge in [0.1, 0.15) is 11.5 Å². The fourth-order valence-electron chi connectivity index (χ4n) is 2.14. The minimum absolute atomic E-state index is 0.193. The molecule has 0 radical (unpaired) electrons. The number of H-pyrrole nitrogens is 2. The van der Waals surface area contributed by atoms with Crippen LogP contribution >= 0.6 is 12.2 Å². The molecule has 0 unspecified atom stereocenters. The lowest BCUT2D eigenvalue weighted by Gasteiger charge is -2.23. The van der Waals surface area contributed by atoms with E-state index in [0.717, 1.165) is 30.0 Å². The van der Waals surface area contributed by atoms with Gasteiger partial charge in [0.05, 0.1) is 5.69 Å². The van der Waals surface area contributed by atoms with Crippen LogP contribution in [0, 0.1) is 11.7 Å². The highest BCUT2D eigenvalue weighted by Gasteiger charge is 2.25. The second kappa shape index (κ2) is 3.28. The summed E-state index contributed by atoms with van der Waals surface area (Å²) in [7, 11) is 0. The number of hydrogen-bond acceptors (Lipinski definition) is 3. The Morgan fingerprint density at radius 2 is 2.19 bits per heavy atom. The van der Waals surface area contributed by atoms with E-state index in [0.29, 0.717) is 10.7 Å². The summed E-state index contributed by atoms with van der Waals surface area (Å²) in [5.41, 5.74) is 1.36. The van der Waals surface area contributed by atoms with Crippen molar-refractivity contribution < 1.29 is 0 Å². The molecule has 1 saturated carbocycles. The van der Waals surface area contributed by atoms with E-state index in [1.807, 2.05) is 6.92 Å². The maximum atomic E-state index is 11.9. The van der Waals surface area contributed by atoms with Crippen molar-refractivity contribution in [3.8, 4) is 0 Å². The maximum Gasteiger partial charge on any atom is 0.334 e. The van der Waals surface area contributed by atoms with E-state index in [4.69, 9.17) is 12.2 Å². The lowest BCUT2D eigenvalue weighted by Crippen LogP contribution is -2.23. The Bertz CT molecular complexity index is 661. The van der Waals surface area contributed by atoms with Gasteiger partial charge in [-0.25, -0.2) is 14.2 Å². The molecule has 2 aromatic rings. The second-order valence-electron chi connectivity index (χ2n) is 4.25. The molecule has 0 aliphatic heterocycles. The predicted octanol–water partition coefficient (Wildman–Crippen LogP) is 1.66. The van der Waals surface area contributed by atoms with Crippen LogP contribution < -0.4 is 5.69 Å². The fourth-order valence-corrected chi connectivity index (χ4v) is 2.32. The molecule has 2 aromatic heterocycles. The maximum absolute atomic E-state index is 11.9. The van der Waals surface area contributed by atoms with Crippen LogP contribution in [0.25, 0.3) is 5.65 Å². The van der Waals surface area contributed by atoms with E-state index in [9.17, 15) is 4.79 Å². The summed E-state index contributed by atoms with van der Waals surface area (Å²) in [6.07, 6.45) is 3.46. The van der Waals surface area contributed by atoms with Crippen molar-refractivity contribution in [1.82, 2.24) is 19.4 Å². The molecule has 2 N–H and O–H groups in total. The van der Waals surface area contributed by atoms with E-state index in [2.05, 4.69) is 15.0 Å². The van der Waals surface area contributed by atoms with Gasteiger partial charge in [-0.1, -0.05) is 6.42 Å². The minimum Gasteiger partial charge on any atom is -0.316 e. The summed E-state index contributed by atoms with van der Waals surface area (Å²) in [6, 6.07) is 0. The molecule has 3 rings (SSSR count). The van der Waals surface area contributed by atoms with Crippen LogP contribution in [0.4, 0.5) is 0 Å². The number of nitrogens with zero attached hydrogens (tertiary/aromatic N) is 2. The summed E-state index contributed by atoms with van der Waals surface area (Å²) in [4.78, 5) is 21.9. The highest BCUT2D eigenvalue weighted by molar-refractivity contribution is 7.71. The molecule has 1 aliphatic carbocycles. The van der Waals surface area contributed by atoms with Crippen LogP contribution in [-0.2, 0) is 0 Å². The summed E-state index contributed by atoms with van der Waals surface area (Å²) in [5, 5.41) is 0. The molecule has 1 fully saturated rings. The second-order valence-corrected chi connectivity index (χ2v) is 4.66. The van der Waals surface area contributed by atoms with Crippen molar-refractivity contribution in [2.45, 2.75) is 32.1 Å². The van der Waals surface area contributed by atoms with E-state index < -0.39 is 0 Å². The summed E-state index contributed by atoms with van der Waals surface area (Å²) >= 11 is 4.95. The molecular formula is C10H12N4OS. The lowest BCUT2D eigenvalue weighted by atomic mass is 9.85. The smallest absolute Gasteiger partial charge is 0.316 e. The molecule has 2 heterocycles. The van der Waals surface area contributed by atoms with Gasteiger partial charge in [0.15, 0.2) is 4.77 Å². The summed E-state index contributed by atoms with van der Waals surface area (Å²) in [5.74, 6) is 1.29. The van der Waals surface area contributed by atoms with Crippen molar-refractivity contribution in [3.63, 3.8) is 0 Å². The first-order valence-corrected chi connectivity index (χ1v) is 5.79. The lowest BCUT2D eigenvalue weighted by molar-refractivity contribution is 0.398. The summed E-state index contributed by atoms with van der Waals surface area (Å²) in [6.45, 7) is 1.89. The normalized spacial score (nSPS) is 16.6. The van der Waals surface area contributed by atoms with Gasteiger partial charge in [-0.15, -0.1) is 0 Å². The van der Waals surface area contributed by atoms with Crippen molar-refractivity contribution in [2.24, 2.45) is 0 Å². The molecule has 1 aliphatic rings. The van der Waals surface area contributed by atoms with Crippen LogP contribution in [-0.4, -0.2) is 19.4 Å². The van der Waals surface area contributed by atoms with Gasteiger partial charge in [0, 0.05) is 5.92 Å². The number of nitrogens with one attached hydrogen (secondary N) is 2. The number of hydrogen-bond donors (Lipinski definition) is 2. The minimum atomic E-state index is -0.193. The predicted molar refractivity (Wildman–Crippen MR) is 62.3 cm³/mol. The Hall–Kier alpha value is -1.43. The highest BCUT2D eigenvalue weighted by Crippen LogP contribution is 2.35. The van der Waals surface area contributed by atoms with Gasteiger partial charge < -0.3 is 4.98 Å². The average molecular weight is 236 g/mol. The molecule has 0 spiro atoms. The van der Waals surface area contributed by atoms with E-state index in [1.165, 1.54) is 6.42 Å². The quantitative estimate of drug-likeness (QED) is 0.740. The van der Waals surface area contributed by atoms with Crippen molar-refractivity contribution in [1.29, 1.82) is 0 Å². The number of aromatic amines is 2. The molecule has 0 atom stereocenters. The first kappa shape index (κ1) is 9.77. The van der Waals surface area contributed by atoms with Gasteiger partial charge in [-0.05, 0) is 32.0 Å². The van der Waals surface area contributed by atoms with Gasteiger partial charge in [-0.2, -0.15) is 0 Å². The van der Waals surface area contributed by atoms with Gasteiger partial charge >= 0.3 is 5.69 Å². The average Bonchev–Trinajstić information content (AvgIpc) is 2.41. The van der Waals surface area contributed by atoms with Crippen LogP contribution in [0.3, 0.4) is 0 Å². The fraction of sp³-hybridized carbons (Fsp3) is 0.500. The molecular weight excluding hydrogens is 224 g/mol. The largest absolute Gasteiger partial charge is 0.334 e. The zero-order chi connectivity index (χ0) is 11.3. The van der Waals surface area contributed by atoms with Crippen LogP contribution in [0.2, 0.25) is 0 Å². The van der Waals surface area contributed by atoms with E-state index in [1.54, 1.807) is 4.40 Å². The van der Waals surface area contributed by atoms with Gasteiger partial charge in [0.2, 0.25) is 0 Å². The molecule has 6 heteroatoms. The Morgan fingerprint density at radius 3 is 2.81 bits per heavy atom. The molecule has 5 nitrogen and oxygen atoms in total. The van der Waals surface area contributed by atoms with Crippen LogP contribution in [0.5, 0.6) is 0 Å². The van der Waals surface area contributed by atoms with Gasteiger partial charge in [0.25, 0.3) is 0 Å². The SMILES string of the molecule is Cc1nc(C2CCC2)n2c(=O)[nH]c(=S)[nH]c12. The summed E-state index contributed by atoms with van der Waals surface area (Å²) < 4.78 is 1.97. The first-order chi connectivity index (χ1) is 7.66.